The van der Waals surface area contributed by atoms with E-state index >= 15 is 0 Å². The molecule has 92 valence electrons. The van der Waals surface area contributed by atoms with Crippen molar-refractivity contribution >= 4 is 24.2 Å². The SMILES string of the molecule is [N-]=[N+]=NCCOP1OP(=O)(O)OP(=O)(O)O1. The number of nitrogens with zero attached hydrogens (tertiary/aromatic N) is 3. The number of hydrogen-bond acceptors (Lipinski definition) is 7. The van der Waals surface area contributed by atoms with Gasteiger partial charge in [-0.1, -0.05) is 5.11 Å². The van der Waals surface area contributed by atoms with Gasteiger partial charge in [-0.25, -0.2) is 17.8 Å². The van der Waals surface area contributed by atoms with Crippen LogP contribution in [0.2, 0.25) is 0 Å². The van der Waals surface area contributed by atoms with Gasteiger partial charge in [0, 0.05) is 11.5 Å². The lowest BCUT2D eigenvalue weighted by atomic mass is 10.8. The summed E-state index contributed by atoms with van der Waals surface area (Å²) in [4.78, 5) is 20.1. The van der Waals surface area contributed by atoms with E-state index in [9.17, 15) is 9.13 Å². The van der Waals surface area contributed by atoms with Gasteiger partial charge in [-0.3, -0.25) is 0 Å². The van der Waals surface area contributed by atoms with Gasteiger partial charge in [0.25, 0.3) is 0 Å². The lowest BCUT2D eigenvalue weighted by Gasteiger charge is -2.25. The molecule has 1 aliphatic heterocycles. The van der Waals surface area contributed by atoms with E-state index in [1.54, 1.807) is 0 Å². The van der Waals surface area contributed by atoms with Crippen LogP contribution < -0.4 is 0 Å². The molecule has 2 N–H and O–H groups in total. The molecule has 0 aromatic rings. The van der Waals surface area contributed by atoms with Crippen molar-refractivity contribution < 1.29 is 36.4 Å². The smallest absolute Gasteiger partial charge is 0.312 e. The van der Waals surface area contributed by atoms with E-state index in [2.05, 4.69) is 27.5 Å². The Morgan fingerprint density at radius 2 is 1.94 bits per heavy atom. The van der Waals surface area contributed by atoms with Crippen molar-refractivity contribution in [2.24, 2.45) is 5.11 Å². The van der Waals surface area contributed by atoms with Gasteiger partial charge in [-0.05, 0) is 5.53 Å². The quantitative estimate of drug-likeness (QED) is 0.260. The Labute approximate surface area is 90.1 Å². The summed E-state index contributed by atoms with van der Waals surface area (Å²) < 4.78 is 38.7. The molecule has 1 heterocycles. The molecular weight excluding hydrogens is 287 g/mol. The largest absolute Gasteiger partial charge is 0.488 e. The fourth-order valence-corrected chi connectivity index (χ4v) is 4.75. The normalized spacial score (nSPS) is 39.0. The molecule has 0 aromatic heterocycles. The summed E-state index contributed by atoms with van der Waals surface area (Å²) in [6.07, 6.45) is 0. The van der Waals surface area contributed by atoms with Crippen LogP contribution in [0.15, 0.2) is 5.11 Å². The first-order valence-corrected chi connectivity index (χ1v) is 7.63. The van der Waals surface area contributed by atoms with E-state index in [4.69, 9.17) is 15.3 Å². The molecule has 11 nitrogen and oxygen atoms in total. The molecule has 0 amide bonds. The fraction of sp³-hybridized carbons (Fsp3) is 1.00. The molecule has 1 saturated heterocycles. The molecule has 0 saturated carbocycles. The molecule has 1 rings (SSSR count). The second kappa shape index (κ2) is 5.53. The Bertz CT molecular complexity index is 368. The van der Waals surface area contributed by atoms with Crippen molar-refractivity contribution in [1.29, 1.82) is 0 Å². The minimum absolute atomic E-state index is 0.0889. The summed E-state index contributed by atoms with van der Waals surface area (Å²) in [7, 11) is -11.8. The van der Waals surface area contributed by atoms with E-state index < -0.39 is 24.2 Å². The van der Waals surface area contributed by atoms with Crippen molar-refractivity contribution in [3.63, 3.8) is 0 Å². The molecule has 0 bridgehead atoms. The number of hydrogen-bond donors (Lipinski definition) is 2. The van der Waals surface area contributed by atoms with E-state index in [0.717, 1.165) is 0 Å². The standard InChI is InChI=1S/C2H6N3O8P3/c3-5-4-1-2-10-14-11-15(6,7)13-16(8,9)12-14/h1-2H2,(H,6,7)(H,8,9). The minimum atomic E-state index is -4.66. The predicted octanol–water partition coefficient (Wildman–Crippen LogP) is 1.80. The third kappa shape index (κ3) is 4.86. The first-order chi connectivity index (χ1) is 7.35. The van der Waals surface area contributed by atoms with Crippen LogP contribution >= 0.6 is 24.2 Å². The maximum atomic E-state index is 10.9. The highest BCUT2D eigenvalue weighted by Crippen LogP contribution is 2.76. The minimum Gasteiger partial charge on any atom is -0.312 e. The molecule has 2 unspecified atom stereocenters. The predicted molar refractivity (Wildman–Crippen MR) is 49.8 cm³/mol. The van der Waals surface area contributed by atoms with E-state index in [-0.39, 0.29) is 13.2 Å². The molecule has 0 spiro atoms. The second-order valence-electron chi connectivity index (χ2n) is 2.19. The van der Waals surface area contributed by atoms with E-state index in [1.165, 1.54) is 0 Å². The van der Waals surface area contributed by atoms with Crippen LogP contribution in [-0.2, 0) is 26.6 Å². The van der Waals surface area contributed by atoms with E-state index in [1.807, 2.05) is 0 Å². The topological polar surface area (TPSA) is 160 Å². The van der Waals surface area contributed by atoms with Gasteiger partial charge < -0.3 is 14.3 Å². The molecule has 1 fully saturated rings. The van der Waals surface area contributed by atoms with Crippen molar-refractivity contribution in [1.82, 2.24) is 0 Å². The first-order valence-electron chi connectivity index (χ1n) is 3.55. The van der Waals surface area contributed by atoms with Crippen molar-refractivity contribution in [2.75, 3.05) is 13.2 Å². The van der Waals surface area contributed by atoms with E-state index in [0.29, 0.717) is 0 Å². The molecule has 0 aliphatic carbocycles. The van der Waals surface area contributed by atoms with Gasteiger partial charge in [-0.2, -0.15) is 4.31 Å². The monoisotopic (exact) mass is 293 g/mol. The summed E-state index contributed by atoms with van der Waals surface area (Å²) in [6.45, 7) is -0.288. The lowest BCUT2D eigenvalue weighted by molar-refractivity contribution is 0.170. The van der Waals surface area contributed by atoms with Gasteiger partial charge in [0.15, 0.2) is 0 Å². The Morgan fingerprint density at radius 3 is 2.44 bits per heavy atom. The van der Waals surface area contributed by atoms with Gasteiger partial charge in [0.2, 0.25) is 0 Å². The highest BCUT2D eigenvalue weighted by atomic mass is 31.3. The zero-order valence-corrected chi connectivity index (χ0v) is 10.1. The number of rotatable bonds is 4. The molecule has 14 heteroatoms. The number of phosphoric acid groups is 2. The molecule has 0 aromatic carbocycles. The summed E-state index contributed by atoms with van der Waals surface area (Å²) >= 11 is 0. The van der Waals surface area contributed by atoms with Gasteiger partial charge in [0.1, 0.15) is 0 Å². The Morgan fingerprint density at radius 1 is 1.38 bits per heavy atom. The van der Waals surface area contributed by atoms with Crippen LogP contribution in [0.3, 0.4) is 0 Å². The zero-order valence-electron chi connectivity index (χ0n) is 7.44. The van der Waals surface area contributed by atoms with Crippen molar-refractivity contribution in [3.05, 3.63) is 10.4 Å². The molecule has 1 aliphatic rings. The third-order valence-corrected chi connectivity index (χ3v) is 5.76. The summed E-state index contributed by atoms with van der Waals surface area (Å²) in [5.41, 5.74) is 7.93. The molecule has 0 radical (unpaired) electrons. The maximum Gasteiger partial charge on any atom is 0.488 e. The molecular formula is C2H6N3O8P3. The van der Waals surface area contributed by atoms with Crippen LogP contribution in [0.5, 0.6) is 0 Å². The third-order valence-electron chi connectivity index (χ3n) is 0.997. The highest BCUT2D eigenvalue weighted by molar-refractivity contribution is 7.72. The summed E-state index contributed by atoms with van der Waals surface area (Å²) in [5, 5.41) is 3.09. The van der Waals surface area contributed by atoms with Crippen LogP contribution in [0.25, 0.3) is 10.4 Å². The maximum absolute atomic E-state index is 10.9. The molecule has 2 atom stereocenters. The van der Waals surface area contributed by atoms with Crippen LogP contribution in [-0.4, -0.2) is 22.9 Å². The van der Waals surface area contributed by atoms with Crippen LogP contribution in [0.1, 0.15) is 0 Å². The second-order valence-corrected chi connectivity index (χ2v) is 6.73. The van der Waals surface area contributed by atoms with Gasteiger partial charge >= 0.3 is 24.2 Å². The zero-order chi connectivity index (χ0) is 12.2. The van der Waals surface area contributed by atoms with Crippen molar-refractivity contribution in [3.8, 4) is 0 Å². The van der Waals surface area contributed by atoms with Gasteiger partial charge in [-0.15, -0.1) is 0 Å². The Balaban J connectivity index is 2.51. The number of azide groups is 1. The Hall–Kier alpha value is -0.0400. The van der Waals surface area contributed by atoms with Crippen LogP contribution in [0, 0.1) is 0 Å². The summed E-state index contributed by atoms with van der Waals surface area (Å²) in [6, 6.07) is 0. The first kappa shape index (κ1) is 14.0. The van der Waals surface area contributed by atoms with Crippen LogP contribution in [0.4, 0.5) is 0 Å². The fourth-order valence-electron chi connectivity index (χ4n) is 0.592. The van der Waals surface area contributed by atoms with Gasteiger partial charge in [0.05, 0.1) is 6.61 Å². The van der Waals surface area contributed by atoms with Crippen molar-refractivity contribution in [2.45, 2.75) is 0 Å². The highest BCUT2D eigenvalue weighted by Gasteiger charge is 2.47. The molecule has 16 heavy (non-hydrogen) atoms. The Kier molecular flexibility index (Phi) is 4.85. The summed E-state index contributed by atoms with van der Waals surface area (Å²) in [5.74, 6) is 0. The lowest BCUT2D eigenvalue weighted by Crippen LogP contribution is -2.04. The average molecular weight is 293 g/mol. The average Bonchev–Trinajstić information content (AvgIpc) is 2.07.